The van der Waals surface area contributed by atoms with E-state index in [1.54, 1.807) is 36.0 Å². The molecule has 0 atom stereocenters. The van der Waals surface area contributed by atoms with Crippen LogP contribution in [0.4, 0.5) is 5.69 Å². The maximum absolute atomic E-state index is 11.8. The second-order valence-electron chi connectivity index (χ2n) is 4.66. The van der Waals surface area contributed by atoms with Crippen LogP contribution in [0.3, 0.4) is 0 Å². The van der Waals surface area contributed by atoms with E-state index in [0.29, 0.717) is 17.0 Å². The van der Waals surface area contributed by atoms with Crippen LogP contribution in [0.2, 0.25) is 0 Å². The summed E-state index contributed by atoms with van der Waals surface area (Å²) in [6.45, 7) is 1.52. The molecule has 1 amide bonds. The molecule has 0 aliphatic heterocycles. The van der Waals surface area contributed by atoms with Crippen molar-refractivity contribution in [3.63, 3.8) is 0 Å². The van der Waals surface area contributed by atoms with E-state index in [1.165, 1.54) is 12.5 Å². The summed E-state index contributed by atoms with van der Waals surface area (Å²) in [5.74, 6) is 1.21. The Hall–Kier alpha value is -2.07. The molecule has 2 aromatic rings. The SMILES string of the molecule is CC(=O)c1ccc(NC(=O)CSCc2ccccc2)cc1. The van der Waals surface area contributed by atoms with Crippen molar-refractivity contribution < 1.29 is 9.59 Å². The number of amides is 1. The molecule has 0 saturated carbocycles. The van der Waals surface area contributed by atoms with Crippen LogP contribution < -0.4 is 5.32 Å². The Morgan fingerprint density at radius 1 is 1.00 bits per heavy atom. The first-order chi connectivity index (χ1) is 10.1. The van der Waals surface area contributed by atoms with Crippen molar-refractivity contribution in [3.05, 3.63) is 65.7 Å². The van der Waals surface area contributed by atoms with Crippen LogP contribution in [0.1, 0.15) is 22.8 Å². The van der Waals surface area contributed by atoms with Crippen molar-refractivity contribution in [2.24, 2.45) is 0 Å². The van der Waals surface area contributed by atoms with Gasteiger partial charge in [0.15, 0.2) is 5.78 Å². The zero-order valence-electron chi connectivity index (χ0n) is 11.8. The molecule has 0 heterocycles. The fraction of sp³-hybridized carbons (Fsp3) is 0.176. The predicted molar refractivity (Wildman–Crippen MR) is 87.7 cm³/mol. The Morgan fingerprint density at radius 3 is 2.29 bits per heavy atom. The van der Waals surface area contributed by atoms with Crippen molar-refractivity contribution in [2.75, 3.05) is 11.1 Å². The molecular weight excluding hydrogens is 282 g/mol. The zero-order chi connectivity index (χ0) is 15.1. The first-order valence-corrected chi connectivity index (χ1v) is 7.83. The number of hydrogen-bond donors (Lipinski definition) is 1. The molecule has 108 valence electrons. The highest BCUT2D eigenvalue weighted by atomic mass is 32.2. The number of rotatable bonds is 6. The number of anilines is 1. The molecule has 0 unspecified atom stereocenters. The number of thioether (sulfide) groups is 1. The zero-order valence-corrected chi connectivity index (χ0v) is 12.7. The van der Waals surface area contributed by atoms with E-state index in [2.05, 4.69) is 5.32 Å². The third-order valence-corrected chi connectivity index (χ3v) is 3.92. The summed E-state index contributed by atoms with van der Waals surface area (Å²) < 4.78 is 0. The Morgan fingerprint density at radius 2 is 1.67 bits per heavy atom. The average molecular weight is 299 g/mol. The lowest BCUT2D eigenvalue weighted by atomic mass is 10.1. The molecule has 0 fully saturated rings. The third kappa shape index (κ3) is 5.08. The lowest BCUT2D eigenvalue weighted by molar-refractivity contribution is -0.113. The Kier molecular flexibility index (Phi) is 5.58. The quantitative estimate of drug-likeness (QED) is 0.826. The molecule has 3 nitrogen and oxygen atoms in total. The topological polar surface area (TPSA) is 46.2 Å². The summed E-state index contributed by atoms with van der Waals surface area (Å²) in [5, 5.41) is 2.82. The highest BCUT2D eigenvalue weighted by Gasteiger charge is 2.04. The number of hydrogen-bond acceptors (Lipinski definition) is 3. The van der Waals surface area contributed by atoms with Crippen LogP contribution >= 0.6 is 11.8 Å². The first-order valence-electron chi connectivity index (χ1n) is 6.67. The van der Waals surface area contributed by atoms with Gasteiger partial charge >= 0.3 is 0 Å². The van der Waals surface area contributed by atoms with Crippen LogP contribution in [0, 0.1) is 0 Å². The van der Waals surface area contributed by atoms with Crippen molar-refractivity contribution in [2.45, 2.75) is 12.7 Å². The number of nitrogens with one attached hydrogen (secondary N) is 1. The van der Waals surface area contributed by atoms with Gasteiger partial charge in [-0.2, -0.15) is 0 Å². The maximum Gasteiger partial charge on any atom is 0.234 e. The van der Waals surface area contributed by atoms with Gasteiger partial charge in [-0.05, 0) is 36.8 Å². The Bertz CT molecular complexity index is 608. The van der Waals surface area contributed by atoms with Crippen molar-refractivity contribution in [1.82, 2.24) is 0 Å². The Labute approximate surface area is 128 Å². The summed E-state index contributed by atoms with van der Waals surface area (Å²) in [4.78, 5) is 23.0. The van der Waals surface area contributed by atoms with Crippen molar-refractivity contribution >= 4 is 29.1 Å². The van der Waals surface area contributed by atoms with E-state index in [4.69, 9.17) is 0 Å². The number of ketones is 1. The smallest absolute Gasteiger partial charge is 0.234 e. The minimum absolute atomic E-state index is 0.0197. The molecule has 0 saturated heterocycles. The van der Waals surface area contributed by atoms with E-state index in [0.717, 1.165) is 5.75 Å². The number of carbonyl (C=O) groups excluding carboxylic acids is 2. The lowest BCUT2D eigenvalue weighted by Gasteiger charge is -2.06. The van der Waals surface area contributed by atoms with Gasteiger partial charge in [0.2, 0.25) is 5.91 Å². The van der Waals surface area contributed by atoms with Gasteiger partial charge in [-0.25, -0.2) is 0 Å². The van der Waals surface area contributed by atoms with Gasteiger partial charge in [0.1, 0.15) is 0 Å². The van der Waals surface area contributed by atoms with E-state index in [-0.39, 0.29) is 11.7 Å². The van der Waals surface area contributed by atoms with Crippen molar-refractivity contribution in [3.8, 4) is 0 Å². The number of benzene rings is 2. The Balaban J connectivity index is 1.78. The molecule has 0 radical (unpaired) electrons. The van der Waals surface area contributed by atoms with Crippen molar-refractivity contribution in [1.29, 1.82) is 0 Å². The van der Waals surface area contributed by atoms with Crippen LogP contribution in [-0.2, 0) is 10.5 Å². The maximum atomic E-state index is 11.8. The fourth-order valence-corrected chi connectivity index (χ4v) is 2.61. The van der Waals surface area contributed by atoms with Gasteiger partial charge in [0, 0.05) is 17.0 Å². The van der Waals surface area contributed by atoms with Gasteiger partial charge < -0.3 is 5.32 Å². The van der Waals surface area contributed by atoms with E-state index in [9.17, 15) is 9.59 Å². The fourth-order valence-electron chi connectivity index (χ4n) is 1.82. The van der Waals surface area contributed by atoms with Crippen LogP contribution in [0.5, 0.6) is 0 Å². The van der Waals surface area contributed by atoms with Gasteiger partial charge in [0.25, 0.3) is 0 Å². The molecular formula is C17H17NO2S. The van der Waals surface area contributed by atoms with Crippen LogP contribution in [0.25, 0.3) is 0 Å². The van der Waals surface area contributed by atoms with Gasteiger partial charge in [0.05, 0.1) is 5.75 Å². The monoisotopic (exact) mass is 299 g/mol. The van der Waals surface area contributed by atoms with E-state index >= 15 is 0 Å². The standard InChI is InChI=1S/C17H17NO2S/c1-13(19)15-7-9-16(10-8-15)18-17(20)12-21-11-14-5-3-2-4-6-14/h2-10H,11-12H2,1H3,(H,18,20). The molecule has 2 rings (SSSR count). The summed E-state index contributed by atoms with van der Waals surface area (Å²) in [6, 6.07) is 17.0. The number of carbonyl (C=O) groups is 2. The summed E-state index contributed by atoms with van der Waals surface area (Å²) in [7, 11) is 0. The predicted octanol–water partition coefficient (Wildman–Crippen LogP) is 3.76. The van der Waals surface area contributed by atoms with Gasteiger partial charge in [-0.3, -0.25) is 9.59 Å². The van der Waals surface area contributed by atoms with Gasteiger partial charge in [-0.1, -0.05) is 30.3 Å². The second-order valence-corrected chi connectivity index (χ2v) is 5.65. The molecule has 0 aliphatic rings. The minimum Gasteiger partial charge on any atom is -0.325 e. The van der Waals surface area contributed by atoms with Crippen LogP contribution in [0.15, 0.2) is 54.6 Å². The van der Waals surface area contributed by atoms with Gasteiger partial charge in [-0.15, -0.1) is 11.8 Å². The van der Waals surface area contributed by atoms with E-state index < -0.39 is 0 Å². The summed E-state index contributed by atoms with van der Waals surface area (Å²) in [6.07, 6.45) is 0. The summed E-state index contributed by atoms with van der Waals surface area (Å²) >= 11 is 1.58. The molecule has 21 heavy (non-hydrogen) atoms. The highest BCUT2D eigenvalue weighted by molar-refractivity contribution is 7.99. The molecule has 0 spiro atoms. The van der Waals surface area contributed by atoms with E-state index in [1.807, 2.05) is 30.3 Å². The minimum atomic E-state index is -0.0356. The number of Topliss-reactive ketones (excluding diaryl/α,β-unsaturated/α-hetero) is 1. The first kappa shape index (κ1) is 15.3. The third-order valence-electron chi connectivity index (χ3n) is 2.92. The second kappa shape index (κ2) is 7.64. The summed E-state index contributed by atoms with van der Waals surface area (Å²) in [5.41, 5.74) is 2.57. The molecule has 0 aliphatic carbocycles. The lowest BCUT2D eigenvalue weighted by Crippen LogP contribution is -2.14. The molecule has 4 heteroatoms. The highest BCUT2D eigenvalue weighted by Crippen LogP contribution is 2.14. The molecule has 1 N–H and O–H groups in total. The molecule has 0 aromatic heterocycles. The van der Waals surface area contributed by atoms with Crippen LogP contribution in [-0.4, -0.2) is 17.4 Å². The molecule has 0 bridgehead atoms. The molecule has 2 aromatic carbocycles. The normalized spacial score (nSPS) is 10.1. The largest absolute Gasteiger partial charge is 0.325 e. The average Bonchev–Trinajstić information content (AvgIpc) is 2.49.